The fraction of sp³-hybridized carbons (Fsp3) is 0.833. The van der Waals surface area contributed by atoms with Crippen LogP contribution in [0.2, 0.25) is 0 Å². The first-order valence-electron chi connectivity index (χ1n) is 3.20. The van der Waals surface area contributed by atoms with E-state index in [0.717, 1.165) is 0 Å². The molecule has 4 nitrogen and oxygen atoms in total. The van der Waals surface area contributed by atoms with Crippen molar-refractivity contribution >= 4 is 6.09 Å². The van der Waals surface area contributed by atoms with Gasteiger partial charge in [-0.05, 0) is 13.8 Å². The van der Waals surface area contributed by atoms with Crippen molar-refractivity contribution in [3.05, 3.63) is 0 Å². The maximum Gasteiger partial charge on any atom is 0.407 e. The van der Waals surface area contributed by atoms with Crippen molar-refractivity contribution in [2.45, 2.75) is 19.9 Å². The minimum Gasteiger partial charge on any atom is -0.465 e. The maximum atomic E-state index is 10.3. The third-order valence-electron chi connectivity index (χ3n) is 1.21. The van der Waals surface area contributed by atoms with Gasteiger partial charge < -0.3 is 15.1 Å². The topological polar surface area (TPSA) is 60.8 Å². The molecular weight excluding hydrogens is 134 g/mol. The minimum absolute atomic E-state index is 0.0651. The summed E-state index contributed by atoms with van der Waals surface area (Å²) in [5.41, 5.74) is 0. The fourth-order valence-corrected chi connectivity index (χ4v) is 0.682. The Bertz CT molecular complexity index is 114. The van der Waals surface area contributed by atoms with Crippen LogP contribution in [0.25, 0.3) is 0 Å². The Balaban J connectivity index is 3.85. The number of rotatable bonds is 3. The second kappa shape index (κ2) is 4.11. The zero-order valence-corrected chi connectivity index (χ0v) is 6.24. The van der Waals surface area contributed by atoms with Crippen LogP contribution in [0.3, 0.4) is 0 Å². The number of carbonyl (C=O) groups is 1. The van der Waals surface area contributed by atoms with Crippen molar-refractivity contribution in [1.29, 1.82) is 0 Å². The van der Waals surface area contributed by atoms with Crippen LogP contribution in [-0.2, 0) is 0 Å². The van der Waals surface area contributed by atoms with E-state index in [1.54, 1.807) is 13.8 Å². The summed E-state index contributed by atoms with van der Waals surface area (Å²) in [6.07, 6.45) is -0.982. The average Bonchev–Trinajstić information content (AvgIpc) is 1.81. The van der Waals surface area contributed by atoms with E-state index < -0.39 is 6.09 Å². The first kappa shape index (κ1) is 9.23. The van der Waals surface area contributed by atoms with Crippen LogP contribution in [-0.4, -0.2) is 40.4 Å². The Hall–Kier alpha value is -0.770. The predicted octanol–water partition coefficient (Wildman–Crippen LogP) is 0.367. The van der Waals surface area contributed by atoms with E-state index >= 15 is 0 Å². The molecule has 0 aromatic heterocycles. The molecule has 0 saturated heterocycles. The molecule has 0 radical (unpaired) electrons. The highest BCUT2D eigenvalue weighted by Gasteiger charge is 2.13. The fourth-order valence-electron chi connectivity index (χ4n) is 0.682. The van der Waals surface area contributed by atoms with Crippen LogP contribution in [0.1, 0.15) is 13.8 Å². The van der Waals surface area contributed by atoms with Gasteiger partial charge in [0.1, 0.15) is 0 Å². The number of amides is 1. The summed E-state index contributed by atoms with van der Waals surface area (Å²) in [5.74, 6) is 0. The van der Waals surface area contributed by atoms with Gasteiger partial charge in [0, 0.05) is 12.6 Å². The highest BCUT2D eigenvalue weighted by atomic mass is 16.4. The Labute approximate surface area is 60.1 Å². The normalized spacial score (nSPS) is 10.0. The molecule has 0 aromatic rings. The number of aliphatic hydroxyl groups excluding tert-OH is 1. The quantitative estimate of drug-likeness (QED) is 0.606. The van der Waals surface area contributed by atoms with Gasteiger partial charge in [0.2, 0.25) is 0 Å². The molecule has 0 aliphatic carbocycles. The van der Waals surface area contributed by atoms with Crippen molar-refractivity contribution in [2.75, 3.05) is 13.2 Å². The number of hydrogen-bond acceptors (Lipinski definition) is 2. The van der Waals surface area contributed by atoms with Gasteiger partial charge in [-0.3, -0.25) is 0 Å². The molecule has 0 heterocycles. The maximum absolute atomic E-state index is 10.3. The highest BCUT2D eigenvalue weighted by Crippen LogP contribution is 1.96. The lowest BCUT2D eigenvalue weighted by atomic mass is 10.3. The summed E-state index contributed by atoms with van der Waals surface area (Å²) in [6, 6.07) is -0.0651. The third-order valence-corrected chi connectivity index (χ3v) is 1.21. The Kier molecular flexibility index (Phi) is 3.79. The molecule has 0 spiro atoms. The highest BCUT2D eigenvalue weighted by molar-refractivity contribution is 5.65. The average molecular weight is 147 g/mol. The van der Waals surface area contributed by atoms with Crippen LogP contribution in [0, 0.1) is 0 Å². The number of hydrogen-bond donors (Lipinski definition) is 2. The summed E-state index contributed by atoms with van der Waals surface area (Å²) in [4.78, 5) is 11.5. The zero-order chi connectivity index (χ0) is 8.15. The summed E-state index contributed by atoms with van der Waals surface area (Å²) in [5, 5.41) is 16.9. The van der Waals surface area contributed by atoms with Crippen molar-refractivity contribution in [2.24, 2.45) is 0 Å². The molecule has 10 heavy (non-hydrogen) atoms. The van der Waals surface area contributed by atoms with E-state index in [1.807, 2.05) is 0 Å². The van der Waals surface area contributed by atoms with Crippen molar-refractivity contribution in [1.82, 2.24) is 4.90 Å². The van der Waals surface area contributed by atoms with Gasteiger partial charge in [0.15, 0.2) is 0 Å². The van der Waals surface area contributed by atoms with Crippen LogP contribution < -0.4 is 0 Å². The Morgan fingerprint density at radius 3 is 2.20 bits per heavy atom. The SMILES string of the molecule is CC(C)N(CCO)C(=O)O. The molecular formula is C6H13NO3. The van der Waals surface area contributed by atoms with E-state index in [4.69, 9.17) is 10.2 Å². The summed E-state index contributed by atoms with van der Waals surface area (Å²) in [6.45, 7) is 3.60. The van der Waals surface area contributed by atoms with Gasteiger partial charge in [0.25, 0.3) is 0 Å². The van der Waals surface area contributed by atoms with Gasteiger partial charge >= 0.3 is 6.09 Å². The van der Waals surface area contributed by atoms with Gasteiger partial charge in [-0.15, -0.1) is 0 Å². The molecule has 0 aromatic carbocycles. The second-order valence-corrected chi connectivity index (χ2v) is 2.29. The van der Waals surface area contributed by atoms with Crippen LogP contribution in [0.5, 0.6) is 0 Å². The summed E-state index contributed by atoms with van der Waals surface area (Å²) in [7, 11) is 0. The second-order valence-electron chi connectivity index (χ2n) is 2.29. The third kappa shape index (κ3) is 2.68. The first-order chi connectivity index (χ1) is 4.59. The molecule has 0 saturated carbocycles. The van der Waals surface area contributed by atoms with E-state index in [0.29, 0.717) is 0 Å². The Morgan fingerprint density at radius 1 is 1.60 bits per heavy atom. The molecule has 1 amide bonds. The van der Waals surface area contributed by atoms with Gasteiger partial charge in [-0.25, -0.2) is 4.79 Å². The summed E-state index contributed by atoms with van der Waals surface area (Å²) >= 11 is 0. The van der Waals surface area contributed by atoms with E-state index in [-0.39, 0.29) is 19.2 Å². The van der Waals surface area contributed by atoms with Gasteiger partial charge in [-0.1, -0.05) is 0 Å². The molecule has 0 aliphatic heterocycles. The molecule has 0 atom stereocenters. The monoisotopic (exact) mass is 147 g/mol. The smallest absolute Gasteiger partial charge is 0.407 e. The molecule has 0 rings (SSSR count). The first-order valence-corrected chi connectivity index (χ1v) is 3.20. The van der Waals surface area contributed by atoms with Crippen molar-refractivity contribution in [3.8, 4) is 0 Å². The lowest BCUT2D eigenvalue weighted by molar-refractivity contribution is 0.118. The molecule has 0 aliphatic rings. The predicted molar refractivity (Wildman–Crippen MR) is 37.0 cm³/mol. The number of carboxylic acid groups (broad SMARTS) is 1. The van der Waals surface area contributed by atoms with E-state index in [1.165, 1.54) is 4.90 Å². The van der Waals surface area contributed by atoms with Crippen LogP contribution in [0.15, 0.2) is 0 Å². The van der Waals surface area contributed by atoms with Crippen molar-refractivity contribution < 1.29 is 15.0 Å². The lowest BCUT2D eigenvalue weighted by Gasteiger charge is -2.21. The molecule has 4 heteroatoms. The molecule has 0 unspecified atom stereocenters. The number of nitrogens with zero attached hydrogens (tertiary/aromatic N) is 1. The number of aliphatic hydroxyl groups is 1. The zero-order valence-electron chi connectivity index (χ0n) is 6.24. The van der Waals surface area contributed by atoms with E-state index in [9.17, 15) is 4.79 Å². The minimum atomic E-state index is -0.982. The molecule has 2 N–H and O–H groups in total. The molecule has 60 valence electrons. The molecule has 0 bridgehead atoms. The largest absolute Gasteiger partial charge is 0.465 e. The lowest BCUT2D eigenvalue weighted by Crippen LogP contribution is -2.37. The van der Waals surface area contributed by atoms with Gasteiger partial charge in [-0.2, -0.15) is 0 Å². The summed E-state index contributed by atoms with van der Waals surface area (Å²) < 4.78 is 0. The van der Waals surface area contributed by atoms with E-state index in [2.05, 4.69) is 0 Å². The van der Waals surface area contributed by atoms with Crippen LogP contribution >= 0.6 is 0 Å². The Morgan fingerprint density at radius 2 is 2.10 bits per heavy atom. The standard InChI is InChI=1S/C6H13NO3/c1-5(2)7(3-4-8)6(9)10/h5,8H,3-4H2,1-2H3,(H,9,10). The molecule has 0 fully saturated rings. The van der Waals surface area contributed by atoms with Gasteiger partial charge in [0.05, 0.1) is 6.61 Å². The van der Waals surface area contributed by atoms with Crippen molar-refractivity contribution in [3.63, 3.8) is 0 Å². The van der Waals surface area contributed by atoms with Crippen LogP contribution in [0.4, 0.5) is 4.79 Å².